The molecule has 0 amide bonds. The second kappa shape index (κ2) is 5.10. The number of aryl methyl sites for hydroxylation is 1. The van der Waals surface area contributed by atoms with Crippen molar-refractivity contribution in [3.05, 3.63) is 47.0 Å². The number of Topliss-reactive ketones (excluding diaryl/α,β-unsaturated/α-hetero) is 1. The summed E-state index contributed by atoms with van der Waals surface area (Å²) in [6.07, 6.45) is 2.82. The maximum absolute atomic E-state index is 12.0. The van der Waals surface area contributed by atoms with Gasteiger partial charge >= 0.3 is 5.13 Å². The second-order valence-electron chi connectivity index (χ2n) is 3.84. The van der Waals surface area contributed by atoms with E-state index in [9.17, 15) is 4.79 Å². The van der Waals surface area contributed by atoms with Crippen molar-refractivity contribution in [3.63, 3.8) is 0 Å². The van der Waals surface area contributed by atoms with Crippen molar-refractivity contribution in [2.45, 2.75) is 19.9 Å². The SMILES string of the molecule is CCc1ccc(C(=O)C[n+]2ccsc2N)cc1. The maximum Gasteiger partial charge on any atom is 0.332 e. The normalized spacial score (nSPS) is 10.4. The van der Waals surface area contributed by atoms with Crippen LogP contribution in [0.2, 0.25) is 0 Å². The highest BCUT2D eigenvalue weighted by atomic mass is 32.1. The molecule has 0 radical (unpaired) electrons. The molecule has 0 aliphatic heterocycles. The zero-order chi connectivity index (χ0) is 12.3. The Kier molecular flexibility index (Phi) is 3.54. The minimum Gasteiger partial charge on any atom is -0.290 e. The molecule has 0 unspecified atom stereocenters. The van der Waals surface area contributed by atoms with E-state index in [2.05, 4.69) is 6.92 Å². The van der Waals surface area contributed by atoms with E-state index < -0.39 is 0 Å². The zero-order valence-electron chi connectivity index (χ0n) is 9.72. The summed E-state index contributed by atoms with van der Waals surface area (Å²) in [5.41, 5.74) is 7.72. The number of thiazole rings is 1. The maximum atomic E-state index is 12.0. The third-order valence-electron chi connectivity index (χ3n) is 2.71. The zero-order valence-corrected chi connectivity index (χ0v) is 10.5. The largest absolute Gasteiger partial charge is 0.332 e. The van der Waals surface area contributed by atoms with E-state index >= 15 is 0 Å². The van der Waals surface area contributed by atoms with Gasteiger partial charge in [-0.25, -0.2) is 4.57 Å². The number of nitrogens with zero attached hydrogens (tertiary/aromatic N) is 1. The molecule has 0 spiro atoms. The first-order valence-corrected chi connectivity index (χ1v) is 6.43. The first-order chi connectivity index (χ1) is 8.20. The third kappa shape index (κ3) is 2.71. The van der Waals surface area contributed by atoms with Crippen LogP contribution in [0.4, 0.5) is 5.13 Å². The van der Waals surface area contributed by atoms with Gasteiger partial charge in [-0.15, -0.1) is 0 Å². The van der Waals surface area contributed by atoms with E-state index in [4.69, 9.17) is 5.73 Å². The fourth-order valence-corrected chi connectivity index (χ4v) is 2.23. The van der Waals surface area contributed by atoms with Gasteiger partial charge in [-0.05, 0) is 12.0 Å². The molecule has 4 heteroatoms. The lowest BCUT2D eigenvalue weighted by Gasteiger charge is -2.01. The van der Waals surface area contributed by atoms with E-state index in [1.54, 1.807) is 4.57 Å². The number of rotatable bonds is 4. The van der Waals surface area contributed by atoms with Crippen molar-refractivity contribution in [1.29, 1.82) is 0 Å². The van der Waals surface area contributed by atoms with Gasteiger partial charge in [0.2, 0.25) is 5.78 Å². The molecule has 17 heavy (non-hydrogen) atoms. The lowest BCUT2D eigenvalue weighted by molar-refractivity contribution is -0.664. The fourth-order valence-electron chi connectivity index (χ4n) is 1.62. The van der Waals surface area contributed by atoms with Gasteiger partial charge in [0.05, 0.1) is 0 Å². The van der Waals surface area contributed by atoms with Crippen molar-refractivity contribution in [1.82, 2.24) is 0 Å². The van der Waals surface area contributed by atoms with Crippen LogP contribution in [0.25, 0.3) is 0 Å². The van der Waals surface area contributed by atoms with Gasteiger partial charge in [0.1, 0.15) is 6.20 Å². The molecule has 0 aliphatic rings. The molecule has 0 aliphatic carbocycles. The minimum absolute atomic E-state index is 0.0859. The van der Waals surface area contributed by atoms with Crippen LogP contribution in [-0.2, 0) is 13.0 Å². The van der Waals surface area contributed by atoms with Gasteiger partial charge in [-0.3, -0.25) is 10.5 Å². The van der Waals surface area contributed by atoms with Crippen LogP contribution in [0, 0.1) is 0 Å². The number of hydrogen-bond donors (Lipinski definition) is 1. The summed E-state index contributed by atoms with van der Waals surface area (Å²) in [7, 11) is 0. The highest BCUT2D eigenvalue weighted by Gasteiger charge is 2.12. The average Bonchev–Trinajstić information content (AvgIpc) is 2.75. The number of carbonyl (C=O) groups is 1. The molecule has 2 rings (SSSR count). The number of benzene rings is 1. The van der Waals surface area contributed by atoms with Gasteiger partial charge in [0, 0.05) is 10.9 Å². The second-order valence-corrected chi connectivity index (χ2v) is 4.77. The van der Waals surface area contributed by atoms with E-state index in [1.807, 2.05) is 35.8 Å². The number of ketones is 1. The number of nitrogen functional groups attached to an aromatic ring is 1. The Bertz CT molecular complexity index is 516. The summed E-state index contributed by atoms with van der Waals surface area (Å²) < 4.78 is 1.76. The molecule has 0 saturated heterocycles. The average molecular weight is 247 g/mol. The summed E-state index contributed by atoms with van der Waals surface area (Å²) in [5.74, 6) is 0.0859. The lowest BCUT2D eigenvalue weighted by Crippen LogP contribution is -2.38. The third-order valence-corrected chi connectivity index (χ3v) is 3.44. The van der Waals surface area contributed by atoms with Crippen molar-refractivity contribution in [3.8, 4) is 0 Å². The molecule has 0 fully saturated rings. The predicted molar refractivity (Wildman–Crippen MR) is 69.1 cm³/mol. The molecule has 0 atom stereocenters. The number of anilines is 1. The van der Waals surface area contributed by atoms with Crippen LogP contribution < -0.4 is 10.3 Å². The number of nitrogens with two attached hydrogens (primary N) is 1. The van der Waals surface area contributed by atoms with Gasteiger partial charge in [-0.1, -0.05) is 42.5 Å². The Balaban J connectivity index is 2.12. The van der Waals surface area contributed by atoms with Crippen LogP contribution in [0.5, 0.6) is 0 Å². The van der Waals surface area contributed by atoms with Crippen molar-refractivity contribution >= 4 is 22.3 Å². The van der Waals surface area contributed by atoms with Gasteiger partial charge in [-0.2, -0.15) is 0 Å². The van der Waals surface area contributed by atoms with Crippen LogP contribution in [0.1, 0.15) is 22.8 Å². The number of carbonyl (C=O) groups excluding carboxylic acids is 1. The molecule has 2 N–H and O–H groups in total. The van der Waals surface area contributed by atoms with Gasteiger partial charge in [0.25, 0.3) is 0 Å². The Morgan fingerprint density at radius 1 is 1.35 bits per heavy atom. The molecule has 1 aromatic carbocycles. The lowest BCUT2D eigenvalue weighted by atomic mass is 10.1. The first-order valence-electron chi connectivity index (χ1n) is 5.55. The van der Waals surface area contributed by atoms with Crippen LogP contribution in [0.3, 0.4) is 0 Å². The minimum atomic E-state index is 0.0859. The number of aromatic nitrogens is 1. The standard InChI is InChI=1S/C13H14N2OS/c1-2-10-3-5-11(6-4-10)12(16)9-15-7-8-17-13(15)14/h3-8,14H,2,9H2,1H3/p+1. The van der Waals surface area contributed by atoms with E-state index in [1.165, 1.54) is 16.9 Å². The highest BCUT2D eigenvalue weighted by molar-refractivity contribution is 7.12. The molecule has 2 aromatic rings. The van der Waals surface area contributed by atoms with Crippen LogP contribution in [0.15, 0.2) is 35.8 Å². The highest BCUT2D eigenvalue weighted by Crippen LogP contribution is 2.07. The smallest absolute Gasteiger partial charge is 0.290 e. The molecule has 1 aromatic heterocycles. The summed E-state index contributed by atoms with van der Waals surface area (Å²) in [5, 5.41) is 2.53. The van der Waals surface area contributed by atoms with Crippen molar-refractivity contribution < 1.29 is 9.36 Å². The Morgan fingerprint density at radius 2 is 2.06 bits per heavy atom. The molecule has 1 heterocycles. The Hall–Kier alpha value is -1.68. The van der Waals surface area contributed by atoms with E-state index in [0.717, 1.165) is 12.0 Å². The summed E-state index contributed by atoms with van der Waals surface area (Å²) >= 11 is 1.44. The summed E-state index contributed by atoms with van der Waals surface area (Å²) in [4.78, 5) is 12.0. The van der Waals surface area contributed by atoms with Crippen LogP contribution >= 0.6 is 11.3 Å². The summed E-state index contributed by atoms with van der Waals surface area (Å²) in [6, 6.07) is 7.75. The predicted octanol–water partition coefficient (Wildman–Crippen LogP) is 2.06. The van der Waals surface area contributed by atoms with Crippen molar-refractivity contribution in [2.75, 3.05) is 5.73 Å². The summed E-state index contributed by atoms with van der Waals surface area (Å²) in [6.45, 7) is 2.40. The molecule has 0 saturated carbocycles. The molecule has 3 nitrogen and oxygen atoms in total. The van der Waals surface area contributed by atoms with E-state index in [-0.39, 0.29) is 5.78 Å². The molecular weight excluding hydrogens is 232 g/mol. The van der Waals surface area contributed by atoms with Gasteiger partial charge < -0.3 is 0 Å². The molecule has 88 valence electrons. The monoisotopic (exact) mass is 247 g/mol. The Morgan fingerprint density at radius 3 is 2.59 bits per heavy atom. The van der Waals surface area contributed by atoms with E-state index in [0.29, 0.717) is 11.7 Å². The first kappa shape index (κ1) is 11.8. The fraction of sp³-hybridized carbons (Fsp3) is 0.231. The Labute approximate surface area is 105 Å². The quantitative estimate of drug-likeness (QED) is 0.664. The number of hydrogen-bond acceptors (Lipinski definition) is 3. The van der Waals surface area contributed by atoms with Crippen molar-refractivity contribution in [2.24, 2.45) is 0 Å². The molecular formula is C13H15N2OS+. The van der Waals surface area contributed by atoms with Gasteiger partial charge in [0.15, 0.2) is 6.54 Å². The topological polar surface area (TPSA) is 47.0 Å². The molecule has 0 bridgehead atoms. The van der Waals surface area contributed by atoms with Crippen LogP contribution in [-0.4, -0.2) is 5.78 Å².